The minimum absolute atomic E-state index is 0.0471. The van der Waals surface area contributed by atoms with Crippen molar-refractivity contribution >= 4 is 11.8 Å². The zero-order chi connectivity index (χ0) is 20.2. The molecule has 2 aromatic rings. The smallest absolute Gasteiger partial charge is 0.253 e. The van der Waals surface area contributed by atoms with Crippen molar-refractivity contribution in [3.05, 3.63) is 59.9 Å². The summed E-state index contributed by atoms with van der Waals surface area (Å²) in [7, 11) is 1.78. The number of carbonyl (C=O) groups excluding carboxylic acids is 2. The van der Waals surface area contributed by atoms with Crippen LogP contribution >= 0.6 is 0 Å². The van der Waals surface area contributed by atoms with Crippen molar-refractivity contribution in [1.82, 2.24) is 14.8 Å². The van der Waals surface area contributed by atoms with Crippen LogP contribution in [0.1, 0.15) is 41.7 Å². The first-order chi connectivity index (χ1) is 14.1. The van der Waals surface area contributed by atoms with Crippen molar-refractivity contribution in [3.8, 4) is 5.75 Å². The van der Waals surface area contributed by atoms with Crippen molar-refractivity contribution in [1.29, 1.82) is 0 Å². The van der Waals surface area contributed by atoms with Gasteiger partial charge in [-0.05, 0) is 49.2 Å². The van der Waals surface area contributed by atoms with Crippen LogP contribution in [-0.4, -0.2) is 52.8 Å². The van der Waals surface area contributed by atoms with Gasteiger partial charge in [-0.2, -0.15) is 0 Å². The molecule has 1 aromatic carbocycles. The largest absolute Gasteiger partial charge is 0.490 e. The second kappa shape index (κ2) is 8.64. The van der Waals surface area contributed by atoms with Crippen molar-refractivity contribution < 1.29 is 14.3 Å². The minimum Gasteiger partial charge on any atom is -0.490 e. The Hall–Kier alpha value is -2.89. The Bertz CT molecular complexity index is 841. The average molecular weight is 393 g/mol. The molecular weight excluding hydrogens is 366 g/mol. The van der Waals surface area contributed by atoms with Crippen LogP contribution in [0, 0.1) is 5.92 Å². The predicted octanol–water partition coefficient (Wildman–Crippen LogP) is 3.13. The lowest BCUT2D eigenvalue weighted by Crippen LogP contribution is -2.42. The highest BCUT2D eigenvalue weighted by Crippen LogP contribution is 2.32. The van der Waals surface area contributed by atoms with E-state index in [0.717, 1.165) is 50.2 Å². The van der Waals surface area contributed by atoms with E-state index in [-0.39, 0.29) is 17.9 Å². The van der Waals surface area contributed by atoms with Gasteiger partial charge in [-0.25, -0.2) is 0 Å². The van der Waals surface area contributed by atoms with Crippen molar-refractivity contribution in [2.75, 3.05) is 20.1 Å². The molecule has 0 unspecified atom stereocenters. The Morgan fingerprint density at radius 1 is 1.07 bits per heavy atom. The first kappa shape index (κ1) is 19.4. The van der Waals surface area contributed by atoms with Gasteiger partial charge < -0.3 is 14.5 Å². The number of benzene rings is 1. The molecular formula is C23H27N3O3. The van der Waals surface area contributed by atoms with E-state index in [1.165, 1.54) is 0 Å². The summed E-state index contributed by atoms with van der Waals surface area (Å²) in [4.78, 5) is 32.7. The number of nitrogens with zero attached hydrogens (tertiary/aromatic N) is 3. The molecule has 0 N–H and O–H groups in total. The highest BCUT2D eigenvalue weighted by atomic mass is 16.5. The first-order valence-electron chi connectivity index (χ1n) is 10.3. The van der Waals surface area contributed by atoms with Gasteiger partial charge in [-0.3, -0.25) is 14.6 Å². The topological polar surface area (TPSA) is 62.7 Å². The lowest BCUT2D eigenvalue weighted by Gasteiger charge is -2.32. The highest BCUT2D eigenvalue weighted by Gasteiger charge is 2.35. The number of carbonyl (C=O) groups is 2. The summed E-state index contributed by atoms with van der Waals surface area (Å²) < 4.78 is 6.08. The van der Waals surface area contributed by atoms with Crippen LogP contribution in [-0.2, 0) is 11.3 Å². The maximum atomic E-state index is 12.6. The van der Waals surface area contributed by atoms with Gasteiger partial charge in [-0.1, -0.05) is 6.07 Å². The fraction of sp³-hybridized carbons (Fsp3) is 0.435. The summed E-state index contributed by atoms with van der Waals surface area (Å²) in [6.07, 6.45) is 5.66. The number of aromatic nitrogens is 1. The van der Waals surface area contributed by atoms with Crippen molar-refractivity contribution in [3.63, 3.8) is 0 Å². The average Bonchev–Trinajstić information content (AvgIpc) is 3.60. The third-order valence-electron chi connectivity index (χ3n) is 5.56. The summed E-state index contributed by atoms with van der Waals surface area (Å²) in [5.41, 5.74) is 1.48. The first-order valence-corrected chi connectivity index (χ1v) is 10.3. The lowest BCUT2D eigenvalue weighted by molar-refractivity contribution is -0.134. The Kier molecular flexibility index (Phi) is 5.79. The zero-order valence-corrected chi connectivity index (χ0v) is 16.8. The van der Waals surface area contributed by atoms with Crippen LogP contribution < -0.4 is 4.74 Å². The number of hydrogen-bond acceptors (Lipinski definition) is 4. The summed E-state index contributed by atoms with van der Waals surface area (Å²) in [5, 5.41) is 0. The molecule has 0 spiro atoms. The third-order valence-corrected chi connectivity index (χ3v) is 5.56. The van der Waals surface area contributed by atoms with Gasteiger partial charge in [0, 0.05) is 50.7 Å². The molecule has 2 aliphatic rings. The Morgan fingerprint density at radius 3 is 2.41 bits per heavy atom. The van der Waals surface area contributed by atoms with Crippen molar-refractivity contribution in [2.24, 2.45) is 5.92 Å². The van der Waals surface area contributed by atoms with E-state index in [9.17, 15) is 9.59 Å². The number of pyridine rings is 1. The van der Waals surface area contributed by atoms with Crippen LogP contribution in [0.5, 0.6) is 5.75 Å². The minimum atomic E-state index is -0.0471. The molecule has 152 valence electrons. The number of piperidine rings is 1. The van der Waals surface area contributed by atoms with Gasteiger partial charge in [0.2, 0.25) is 5.91 Å². The van der Waals surface area contributed by atoms with E-state index in [4.69, 9.17) is 4.74 Å². The van der Waals surface area contributed by atoms with E-state index < -0.39 is 0 Å². The summed E-state index contributed by atoms with van der Waals surface area (Å²) in [6, 6.07) is 13.0. The van der Waals surface area contributed by atoms with Crippen molar-refractivity contribution in [2.45, 2.75) is 38.3 Å². The van der Waals surface area contributed by atoms with Crippen LogP contribution in [0.2, 0.25) is 0 Å². The number of rotatable bonds is 6. The van der Waals surface area contributed by atoms with Crippen LogP contribution in [0.15, 0.2) is 48.7 Å². The lowest BCUT2D eigenvalue weighted by atomic mass is 10.1. The second-order valence-corrected chi connectivity index (χ2v) is 7.92. The zero-order valence-electron chi connectivity index (χ0n) is 16.8. The van der Waals surface area contributed by atoms with Crippen LogP contribution in [0.3, 0.4) is 0 Å². The van der Waals surface area contributed by atoms with E-state index in [0.29, 0.717) is 18.0 Å². The molecule has 1 aromatic heterocycles. The molecule has 1 saturated carbocycles. The summed E-state index contributed by atoms with van der Waals surface area (Å²) in [6.45, 7) is 2.01. The predicted molar refractivity (Wildman–Crippen MR) is 109 cm³/mol. The Morgan fingerprint density at radius 2 is 1.79 bits per heavy atom. The highest BCUT2D eigenvalue weighted by molar-refractivity contribution is 5.94. The fourth-order valence-corrected chi connectivity index (χ4v) is 3.68. The van der Waals surface area contributed by atoms with Crippen LogP contribution in [0.25, 0.3) is 0 Å². The van der Waals surface area contributed by atoms with Gasteiger partial charge in [0.25, 0.3) is 5.91 Å². The molecule has 29 heavy (non-hydrogen) atoms. The number of ether oxygens (including phenoxy) is 1. The quantitative estimate of drug-likeness (QED) is 0.756. The molecule has 4 rings (SSSR count). The molecule has 6 heteroatoms. The molecule has 0 bridgehead atoms. The molecule has 0 radical (unpaired) electrons. The monoisotopic (exact) mass is 393 g/mol. The molecule has 0 atom stereocenters. The van der Waals surface area contributed by atoms with E-state index in [1.807, 2.05) is 35.2 Å². The second-order valence-electron chi connectivity index (χ2n) is 7.92. The number of hydrogen-bond donors (Lipinski definition) is 0. The molecule has 1 aliphatic heterocycles. The number of likely N-dealkylation sites (tertiary alicyclic amines) is 1. The molecule has 1 saturated heterocycles. The summed E-state index contributed by atoms with van der Waals surface area (Å²) >= 11 is 0. The maximum Gasteiger partial charge on any atom is 0.253 e. The molecule has 1 aliphatic carbocycles. The SMILES string of the molecule is CN(Cc1ccccn1)C(=O)c1ccc(OC2CCN(C(=O)C3CC3)CC2)cc1. The standard InChI is InChI=1S/C23H27N3O3/c1-25(16-19-4-2-3-13-24-19)22(27)17-7-9-20(10-8-17)29-21-11-14-26(15-12-21)23(28)18-5-6-18/h2-4,7-10,13,18,21H,5-6,11-12,14-16H2,1H3. The Balaban J connectivity index is 1.27. The van der Waals surface area contributed by atoms with Gasteiger partial charge in [0.05, 0.1) is 12.2 Å². The van der Waals surface area contributed by atoms with Crippen LogP contribution in [0.4, 0.5) is 0 Å². The fourth-order valence-electron chi connectivity index (χ4n) is 3.68. The number of amides is 2. The summed E-state index contributed by atoms with van der Waals surface area (Å²) in [5.74, 6) is 1.32. The van der Waals surface area contributed by atoms with E-state index >= 15 is 0 Å². The molecule has 2 fully saturated rings. The molecule has 2 heterocycles. The van der Waals surface area contributed by atoms with E-state index in [2.05, 4.69) is 4.98 Å². The third kappa shape index (κ3) is 4.94. The van der Waals surface area contributed by atoms with Gasteiger partial charge in [0.1, 0.15) is 11.9 Å². The maximum absolute atomic E-state index is 12.6. The van der Waals surface area contributed by atoms with Gasteiger partial charge in [0.15, 0.2) is 0 Å². The van der Waals surface area contributed by atoms with E-state index in [1.54, 1.807) is 30.3 Å². The Labute approximate surface area is 171 Å². The normalized spacial score (nSPS) is 17.1. The molecule has 2 amide bonds. The van der Waals surface area contributed by atoms with Gasteiger partial charge >= 0.3 is 0 Å². The van der Waals surface area contributed by atoms with Gasteiger partial charge in [-0.15, -0.1) is 0 Å². The molecule has 6 nitrogen and oxygen atoms in total.